The average molecular weight is 204 g/mol. The van der Waals surface area contributed by atoms with Gasteiger partial charge in [0, 0.05) is 17.1 Å². The number of aromatic amines is 1. The van der Waals surface area contributed by atoms with Crippen molar-refractivity contribution in [1.82, 2.24) is 10.5 Å². The third-order valence-corrected chi connectivity index (χ3v) is 2.14. The molecule has 4 heteroatoms. The fourth-order valence-electron chi connectivity index (χ4n) is 1.45. The molecule has 0 saturated heterocycles. The van der Waals surface area contributed by atoms with Gasteiger partial charge in [-0.15, -0.1) is 0 Å². The highest BCUT2D eigenvalue weighted by molar-refractivity contribution is 6.06. The Morgan fingerprint density at radius 1 is 1.47 bits per heavy atom. The van der Waals surface area contributed by atoms with Crippen molar-refractivity contribution in [1.29, 1.82) is 0 Å². The molecule has 0 aliphatic heterocycles. The number of aromatic nitrogens is 1. The molecular weight excluding hydrogens is 192 g/mol. The maximum Gasteiger partial charge on any atom is 0.277 e. The zero-order valence-corrected chi connectivity index (χ0v) is 8.41. The Hall–Kier alpha value is -1.81. The third kappa shape index (κ3) is 1.85. The Labute approximate surface area is 87.2 Å². The largest absolute Gasteiger partial charge is 0.360 e. The van der Waals surface area contributed by atoms with Gasteiger partial charge in [-0.25, -0.2) is 5.48 Å². The van der Waals surface area contributed by atoms with Crippen LogP contribution >= 0.6 is 0 Å². The van der Waals surface area contributed by atoms with Gasteiger partial charge in [0.2, 0.25) is 0 Å². The lowest BCUT2D eigenvalue weighted by molar-refractivity contribution is 0.0366. The molecule has 1 heterocycles. The van der Waals surface area contributed by atoms with E-state index >= 15 is 0 Å². The zero-order valence-electron chi connectivity index (χ0n) is 8.41. The van der Waals surface area contributed by atoms with E-state index in [2.05, 4.69) is 10.5 Å². The summed E-state index contributed by atoms with van der Waals surface area (Å²) in [4.78, 5) is 19.5. The Morgan fingerprint density at radius 3 is 3.07 bits per heavy atom. The van der Waals surface area contributed by atoms with Gasteiger partial charge in [-0.05, 0) is 13.0 Å². The van der Waals surface area contributed by atoms with E-state index in [4.69, 9.17) is 4.84 Å². The summed E-state index contributed by atoms with van der Waals surface area (Å²) in [7, 11) is 0. The molecule has 1 amide bonds. The van der Waals surface area contributed by atoms with Crippen LogP contribution in [0.5, 0.6) is 0 Å². The van der Waals surface area contributed by atoms with Crippen molar-refractivity contribution in [2.45, 2.75) is 6.92 Å². The van der Waals surface area contributed by atoms with Crippen LogP contribution in [0.3, 0.4) is 0 Å². The smallest absolute Gasteiger partial charge is 0.277 e. The Kier molecular flexibility index (Phi) is 2.69. The minimum Gasteiger partial charge on any atom is -0.360 e. The van der Waals surface area contributed by atoms with Gasteiger partial charge in [0.05, 0.1) is 12.2 Å². The van der Waals surface area contributed by atoms with Gasteiger partial charge >= 0.3 is 0 Å². The summed E-state index contributed by atoms with van der Waals surface area (Å²) in [5, 5.41) is 0.898. The number of rotatable bonds is 3. The minimum absolute atomic E-state index is 0.227. The van der Waals surface area contributed by atoms with Crippen molar-refractivity contribution in [2.24, 2.45) is 0 Å². The van der Waals surface area contributed by atoms with Crippen molar-refractivity contribution in [3.8, 4) is 0 Å². The molecule has 78 valence electrons. The van der Waals surface area contributed by atoms with Crippen molar-refractivity contribution in [3.05, 3.63) is 36.0 Å². The molecule has 1 aromatic carbocycles. The normalized spacial score (nSPS) is 10.5. The Balaban J connectivity index is 2.31. The predicted octanol–water partition coefficient (Wildman–Crippen LogP) is 1.85. The lowest BCUT2D eigenvalue weighted by Gasteiger charge is -2.01. The number of fused-ring (bicyclic) bond motifs is 1. The molecule has 0 aliphatic rings. The standard InChI is InChI=1S/C11H12N2O2/c1-2-15-13-11(14)9-7-12-10-6-4-3-5-8(9)10/h3-7,12H,2H2,1H3,(H,13,14). The first-order valence-corrected chi connectivity index (χ1v) is 4.81. The van der Waals surface area contributed by atoms with Crippen LogP contribution < -0.4 is 5.48 Å². The van der Waals surface area contributed by atoms with Gasteiger partial charge in [0.15, 0.2) is 0 Å². The van der Waals surface area contributed by atoms with E-state index in [0.29, 0.717) is 12.2 Å². The summed E-state index contributed by atoms with van der Waals surface area (Å²) in [5.74, 6) is -0.227. The lowest BCUT2D eigenvalue weighted by Crippen LogP contribution is -2.23. The molecule has 0 spiro atoms. The van der Waals surface area contributed by atoms with E-state index in [0.717, 1.165) is 10.9 Å². The average Bonchev–Trinajstić information content (AvgIpc) is 2.69. The molecular formula is C11H12N2O2. The van der Waals surface area contributed by atoms with Crippen LogP contribution in [-0.2, 0) is 4.84 Å². The maximum absolute atomic E-state index is 11.6. The quantitative estimate of drug-likeness (QED) is 0.749. The molecule has 2 rings (SSSR count). The van der Waals surface area contributed by atoms with Crippen molar-refractivity contribution in [3.63, 3.8) is 0 Å². The van der Waals surface area contributed by atoms with Crippen molar-refractivity contribution in [2.75, 3.05) is 6.61 Å². The SMILES string of the molecule is CCONC(=O)c1c[nH]c2ccccc12. The van der Waals surface area contributed by atoms with Gasteiger partial charge in [-0.3, -0.25) is 9.63 Å². The molecule has 0 saturated carbocycles. The van der Waals surface area contributed by atoms with Gasteiger partial charge in [0.1, 0.15) is 0 Å². The maximum atomic E-state index is 11.6. The number of benzene rings is 1. The zero-order chi connectivity index (χ0) is 10.7. The first-order chi connectivity index (χ1) is 7.33. The molecule has 0 atom stereocenters. The molecule has 15 heavy (non-hydrogen) atoms. The van der Waals surface area contributed by atoms with Crippen LogP contribution in [0.1, 0.15) is 17.3 Å². The van der Waals surface area contributed by atoms with Crippen molar-refractivity contribution >= 4 is 16.8 Å². The first-order valence-electron chi connectivity index (χ1n) is 4.81. The highest BCUT2D eigenvalue weighted by atomic mass is 16.6. The molecule has 0 fully saturated rings. The first kappa shape index (κ1) is 9.73. The second kappa shape index (κ2) is 4.14. The van der Waals surface area contributed by atoms with Crippen molar-refractivity contribution < 1.29 is 9.63 Å². The second-order valence-corrected chi connectivity index (χ2v) is 3.11. The highest BCUT2D eigenvalue weighted by Gasteiger charge is 2.10. The number of hydrogen-bond acceptors (Lipinski definition) is 2. The number of amides is 1. The highest BCUT2D eigenvalue weighted by Crippen LogP contribution is 2.17. The molecule has 0 bridgehead atoms. The second-order valence-electron chi connectivity index (χ2n) is 3.11. The van der Waals surface area contributed by atoms with E-state index in [-0.39, 0.29) is 5.91 Å². The number of hydroxylamine groups is 1. The van der Waals surface area contributed by atoms with E-state index in [1.54, 1.807) is 6.20 Å². The minimum atomic E-state index is -0.227. The Morgan fingerprint density at radius 2 is 2.27 bits per heavy atom. The lowest BCUT2D eigenvalue weighted by atomic mass is 10.2. The van der Waals surface area contributed by atoms with Crippen LogP contribution in [0.15, 0.2) is 30.5 Å². The summed E-state index contributed by atoms with van der Waals surface area (Å²) in [6.45, 7) is 2.27. The molecule has 0 aliphatic carbocycles. The molecule has 0 radical (unpaired) electrons. The molecule has 4 nitrogen and oxygen atoms in total. The fraction of sp³-hybridized carbons (Fsp3) is 0.182. The van der Waals surface area contributed by atoms with Gasteiger partial charge in [-0.1, -0.05) is 18.2 Å². The fourth-order valence-corrected chi connectivity index (χ4v) is 1.45. The van der Waals surface area contributed by atoms with Crippen LogP contribution in [-0.4, -0.2) is 17.5 Å². The van der Waals surface area contributed by atoms with Crippen LogP contribution in [0.25, 0.3) is 10.9 Å². The van der Waals surface area contributed by atoms with Gasteiger partial charge < -0.3 is 4.98 Å². The number of hydrogen-bond donors (Lipinski definition) is 2. The Bertz CT molecular complexity index is 476. The molecule has 2 aromatic rings. The van der Waals surface area contributed by atoms with Gasteiger partial charge in [-0.2, -0.15) is 0 Å². The van der Waals surface area contributed by atoms with E-state index in [9.17, 15) is 4.79 Å². The molecule has 0 unspecified atom stereocenters. The van der Waals surface area contributed by atoms with Crippen LogP contribution in [0.4, 0.5) is 0 Å². The monoisotopic (exact) mass is 204 g/mol. The van der Waals surface area contributed by atoms with Crippen LogP contribution in [0.2, 0.25) is 0 Å². The van der Waals surface area contributed by atoms with E-state index in [1.807, 2.05) is 31.2 Å². The number of nitrogens with one attached hydrogen (secondary N) is 2. The number of para-hydroxylation sites is 1. The molecule has 2 N–H and O–H groups in total. The summed E-state index contributed by atoms with van der Waals surface area (Å²) in [6, 6.07) is 7.64. The number of H-pyrrole nitrogens is 1. The number of carbonyl (C=O) groups excluding carboxylic acids is 1. The summed E-state index contributed by atoms with van der Waals surface area (Å²) >= 11 is 0. The molecule has 1 aromatic heterocycles. The summed E-state index contributed by atoms with van der Waals surface area (Å²) < 4.78 is 0. The summed E-state index contributed by atoms with van der Waals surface area (Å²) in [5.41, 5.74) is 3.91. The topological polar surface area (TPSA) is 54.1 Å². The van der Waals surface area contributed by atoms with E-state index in [1.165, 1.54) is 0 Å². The number of carbonyl (C=O) groups is 1. The predicted molar refractivity (Wildman–Crippen MR) is 57.4 cm³/mol. The van der Waals surface area contributed by atoms with E-state index < -0.39 is 0 Å². The van der Waals surface area contributed by atoms with Crippen LogP contribution in [0, 0.1) is 0 Å². The summed E-state index contributed by atoms with van der Waals surface area (Å²) in [6.07, 6.45) is 1.68. The van der Waals surface area contributed by atoms with Gasteiger partial charge in [0.25, 0.3) is 5.91 Å². The third-order valence-electron chi connectivity index (χ3n) is 2.14.